The quantitative estimate of drug-likeness (QED) is 0.414. The first-order valence-corrected chi connectivity index (χ1v) is 9.94. The Morgan fingerprint density at radius 2 is 0.967 bits per heavy atom. The molecule has 30 heavy (non-hydrogen) atoms. The zero-order valence-electron chi connectivity index (χ0n) is 16.8. The van der Waals surface area contributed by atoms with E-state index < -0.39 is 5.97 Å². The van der Waals surface area contributed by atoms with Gasteiger partial charge in [0, 0.05) is 6.92 Å². The maximum Gasteiger partial charge on any atom is 0.318 e. The van der Waals surface area contributed by atoms with E-state index in [0.717, 1.165) is 17.5 Å². The van der Waals surface area contributed by atoms with E-state index in [1.54, 1.807) is 12.1 Å². The van der Waals surface area contributed by atoms with Crippen LogP contribution in [-0.4, -0.2) is 16.2 Å². The summed E-state index contributed by atoms with van der Waals surface area (Å²) in [6.07, 6.45) is 0.883. The molecule has 0 saturated carbocycles. The third kappa shape index (κ3) is 5.15. The second-order valence-electron chi connectivity index (χ2n) is 7.50. The molecule has 0 amide bonds. The highest BCUT2D eigenvalue weighted by molar-refractivity contribution is 5.65. The van der Waals surface area contributed by atoms with E-state index in [-0.39, 0.29) is 0 Å². The average molecular weight is 396 g/mol. The van der Waals surface area contributed by atoms with Gasteiger partial charge >= 0.3 is 5.97 Å². The van der Waals surface area contributed by atoms with Gasteiger partial charge in [-0.25, -0.2) is 0 Å². The predicted octanol–water partition coefficient (Wildman–Crippen LogP) is 5.65. The van der Waals surface area contributed by atoms with Crippen LogP contribution >= 0.6 is 0 Å². The number of ether oxygens (including phenoxy) is 1. The highest BCUT2D eigenvalue weighted by atomic mass is 16.8. The average Bonchev–Trinajstić information content (AvgIpc) is 2.75. The molecule has 0 aromatic heterocycles. The van der Waals surface area contributed by atoms with E-state index in [1.807, 2.05) is 18.2 Å². The van der Waals surface area contributed by atoms with Crippen LogP contribution in [0.5, 0.6) is 5.75 Å². The van der Waals surface area contributed by atoms with E-state index in [0.29, 0.717) is 5.75 Å². The van der Waals surface area contributed by atoms with Gasteiger partial charge in [0.05, 0.1) is 0 Å². The van der Waals surface area contributed by atoms with Crippen molar-refractivity contribution in [2.45, 2.75) is 19.3 Å². The van der Waals surface area contributed by atoms with Crippen molar-refractivity contribution in [1.82, 2.24) is 0 Å². The SMILES string of the molecule is CC(O)(O)Oc1ccc(-c2ccc(Cc3ccc(-c4ccccc4)cc3)cc2)cc1. The standard InChI is InChI=1S/C27H24O3/c1-27(28,29)30-26-17-15-25(16-18-26)24-13-9-21(10-14-24)19-20-7-11-23(12-8-20)22-5-3-2-4-6-22/h2-18,28-29H,19H2,1H3. The van der Waals surface area contributed by atoms with E-state index in [2.05, 4.69) is 72.8 Å². The third-order valence-corrected chi connectivity index (χ3v) is 4.92. The summed E-state index contributed by atoms with van der Waals surface area (Å²) in [5, 5.41) is 18.6. The fourth-order valence-electron chi connectivity index (χ4n) is 3.44. The van der Waals surface area contributed by atoms with Crippen LogP contribution in [0.25, 0.3) is 22.3 Å². The minimum Gasteiger partial charge on any atom is -0.439 e. The molecule has 4 aromatic rings. The molecule has 0 aliphatic carbocycles. The Hall–Kier alpha value is -3.40. The van der Waals surface area contributed by atoms with Crippen LogP contribution in [0.15, 0.2) is 103 Å². The normalized spacial score (nSPS) is 11.3. The van der Waals surface area contributed by atoms with Crippen LogP contribution in [0, 0.1) is 0 Å². The lowest BCUT2D eigenvalue weighted by atomic mass is 9.98. The molecule has 0 aliphatic rings. The molecule has 0 bridgehead atoms. The summed E-state index contributed by atoms with van der Waals surface area (Å²) < 4.78 is 5.03. The second kappa shape index (κ2) is 8.54. The number of benzene rings is 4. The lowest BCUT2D eigenvalue weighted by Gasteiger charge is -2.17. The second-order valence-corrected chi connectivity index (χ2v) is 7.50. The van der Waals surface area contributed by atoms with E-state index in [4.69, 9.17) is 4.74 Å². The van der Waals surface area contributed by atoms with Gasteiger partial charge < -0.3 is 14.9 Å². The molecule has 0 fully saturated rings. The first-order valence-electron chi connectivity index (χ1n) is 9.94. The lowest BCUT2D eigenvalue weighted by molar-refractivity contribution is -0.277. The Bertz CT molecular complexity index is 1080. The molecule has 0 spiro atoms. The topological polar surface area (TPSA) is 49.7 Å². The molecule has 0 unspecified atom stereocenters. The van der Waals surface area contributed by atoms with Gasteiger partial charge in [-0.1, -0.05) is 91.0 Å². The Balaban J connectivity index is 1.42. The van der Waals surface area contributed by atoms with Crippen molar-refractivity contribution in [3.8, 4) is 28.0 Å². The summed E-state index contributed by atoms with van der Waals surface area (Å²) in [7, 11) is 0. The largest absolute Gasteiger partial charge is 0.439 e. The molecule has 150 valence electrons. The van der Waals surface area contributed by atoms with Crippen molar-refractivity contribution in [3.63, 3.8) is 0 Å². The van der Waals surface area contributed by atoms with Gasteiger partial charge in [0.25, 0.3) is 0 Å². The highest BCUT2D eigenvalue weighted by Gasteiger charge is 2.16. The van der Waals surface area contributed by atoms with E-state index in [1.165, 1.54) is 29.2 Å². The van der Waals surface area contributed by atoms with Gasteiger partial charge in [-0.2, -0.15) is 0 Å². The smallest absolute Gasteiger partial charge is 0.318 e. The van der Waals surface area contributed by atoms with Crippen LogP contribution in [0.4, 0.5) is 0 Å². The van der Waals surface area contributed by atoms with Crippen LogP contribution in [0.2, 0.25) is 0 Å². The predicted molar refractivity (Wildman–Crippen MR) is 120 cm³/mol. The lowest BCUT2D eigenvalue weighted by Crippen LogP contribution is -2.30. The van der Waals surface area contributed by atoms with Crippen molar-refractivity contribution < 1.29 is 14.9 Å². The van der Waals surface area contributed by atoms with Crippen LogP contribution in [-0.2, 0) is 6.42 Å². The van der Waals surface area contributed by atoms with Gasteiger partial charge in [0.2, 0.25) is 0 Å². The fraction of sp³-hybridized carbons (Fsp3) is 0.111. The Kier molecular flexibility index (Phi) is 5.66. The maximum atomic E-state index is 9.32. The maximum absolute atomic E-state index is 9.32. The van der Waals surface area contributed by atoms with Gasteiger partial charge in [-0.15, -0.1) is 0 Å². The molecule has 2 N–H and O–H groups in total. The summed E-state index contributed by atoms with van der Waals surface area (Å²) in [5.41, 5.74) is 7.12. The molecule has 0 aliphatic heterocycles. The Morgan fingerprint density at radius 1 is 0.567 bits per heavy atom. The van der Waals surface area contributed by atoms with Crippen molar-refractivity contribution in [1.29, 1.82) is 0 Å². The summed E-state index contributed by atoms with van der Waals surface area (Å²) in [6, 6.07) is 34.9. The van der Waals surface area contributed by atoms with Gasteiger partial charge in [-0.3, -0.25) is 0 Å². The monoisotopic (exact) mass is 396 g/mol. The Labute approximate surface area is 176 Å². The van der Waals surface area contributed by atoms with Crippen molar-refractivity contribution in [2.24, 2.45) is 0 Å². The molecule has 0 heterocycles. The van der Waals surface area contributed by atoms with Gasteiger partial charge in [0.15, 0.2) is 0 Å². The number of hydrogen-bond acceptors (Lipinski definition) is 3. The van der Waals surface area contributed by atoms with Crippen molar-refractivity contribution in [2.75, 3.05) is 0 Å². The van der Waals surface area contributed by atoms with Gasteiger partial charge in [-0.05, 0) is 51.9 Å². The van der Waals surface area contributed by atoms with Crippen LogP contribution < -0.4 is 4.74 Å². The minimum absolute atomic E-state index is 0.404. The van der Waals surface area contributed by atoms with Gasteiger partial charge in [0.1, 0.15) is 5.75 Å². The molecule has 0 saturated heterocycles. The number of aliphatic hydroxyl groups is 2. The van der Waals surface area contributed by atoms with Crippen LogP contribution in [0.1, 0.15) is 18.1 Å². The first-order chi connectivity index (χ1) is 14.5. The molecular weight excluding hydrogens is 372 g/mol. The molecule has 3 heteroatoms. The molecular formula is C27H24O3. The van der Waals surface area contributed by atoms with Crippen LogP contribution in [0.3, 0.4) is 0 Å². The first kappa shape index (κ1) is 19.9. The van der Waals surface area contributed by atoms with E-state index in [9.17, 15) is 10.2 Å². The third-order valence-electron chi connectivity index (χ3n) is 4.92. The highest BCUT2D eigenvalue weighted by Crippen LogP contribution is 2.25. The molecule has 0 atom stereocenters. The fourth-order valence-corrected chi connectivity index (χ4v) is 3.44. The zero-order chi connectivity index (χ0) is 21.0. The Morgan fingerprint density at radius 3 is 1.40 bits per heavy atom. The molecule has 0 radical (unpaired) electrons. The molecule has 3 nitrogen and oxygen atoms in total. The molecule has 4 rings (SSSR count). The zero-order valence-corrected chi connectivity index (χ0v) is 16.8. The molecule has 4 aromatic carbocycles. The summed E-state index contributed by atoms with van der Waals surface area (Å²) in [4.78, 5) is 0. The van der Waals surface area contributed by atoms with Crippen molar-refractivity contribution in [3.05, 3.63) is 114 Å². The summed E-state index contributed by atoms with van der Waals surface area (Å²) in [5.74, 6) is -1.77. The van der Waals surface area contributed by atoms with Crippen molar-refractivity contribution >= 4 is 0 Å². The summed E-state index contributed by atoms with van der Waals surface area (Å²) in [6.45, 7) is 1.18. The summed E-state index contributed by atoms with van der Waals surface area (Å²) >= 11 is 0. The number of hydrogen-bond donors (Lipinski definition) is 2. The minimum atomic E-state index is -2.18. The number of rotatable bonds is 6. The van der Waals surface area contributed by atoms with E-state index >= 15 is 0 Å².